The average molecular weight is 625 g/mol. The molecule has 0 bridgehead atoms. The molecule has 0 saturated heterocycles. The van der Waals surface area contributed by atoms with E-state index in [2.05, 4.69) is 21.3 Å². The van der Waals surface area contributed by atoms with Crippen LogP contribution in [0.25, 0.3) is 0 Å². The van der Waals surface area contributed by atoms with E-state index in [1.165, 1.54) is 0 Å². The van der Waals surface area contributed by atoms with Gasteiger partial charge in [-0.1, -0.05) is 95.3 Å². The average Bonchev–Trinajstić information content (AvgIpc) is 2.95. The summed E-state index contributed by atoms with van der Waals surface area (Å²) >= 11 is 0. The molecular formula is C35H52N4O6. The van der Waals surface area contributed by atoms with E-state index >= 15 is 0 Å². The van der Waals surface area contributed by atoms with E-state index in [0.717, 1.165) is 11.1 Å². The Morgan fingerprint density at radius 1 is 0.800 bits per heavy atom. The summed E-state index contributed by atoms with van der Waals surface area (Å²) in [5, 5.41) is 22.5. The fourth-order valence-corrected chi connectivity index (χ4v) is 4.77. The molecule has 2 aromatic rings. The normalized spacial score (nSPS) is 14.4. The van der Waals surface area contributed by atoms with Gasteiger partial charge in [0.2, 0.25) is 17.7 Å². The van der Waals surface area contributed by atoms with Gasteiger partial charge >= 0.3 is 6.09 Å². The summed E-state index contributed by atoms with van der Waals surface area (Å²) in [6, 6.07) is 16.8. The first-order valence-corrected chi connectivity index (χ1v) is 15.5. The molecule has 0 radical (unpaired) electrons. The van der Waals surface area contributed by atoms with E-state index in [4.69, 9.17) is 4.74 Å². The standard InChI is InChI=1S/C35H52N4O6/c1-23(2)30(38-33(44)45-22-25-17-13-10-14-18-25)32(43)37-27(19-24-15-11-9-12-16-24)28(40)21-36-31(42)26(34(3,4)5)20-29(41)39-35(6,7)8/h9-18,23,26-28,30,40H,19-22H2,1-8H3,(H,36,42)(H,37,43)(H,38,44)(H,39,41)/t26-,27+,28-,30+/m1/s1. The SMILES string of the molecule is CC(C)[C@H](NC(=O)OCc1ccccc1)C(=O)N[C@@H](Cc1ccccc1)[C@H](O)CNC(=O)[C@@H](CC(=O)NC(C)(C)C)C(C)(C)C. The zero-order valence-electron chi connectivity index (χ0n) is 28.0. The number of alkyl carbamates (subject to hydrolysis) is 1. The Balaban J connectivity index is 2.13. The number of rotatable bonds is 14. The van der Waals surface area contributed by atoms with Crippen molar-refractivity contribution in [1.29, 1.82) is 0 Å². The number of aliphatic hydroxyl groups excluding tert-OH is 1. The highest BCUT2D eigenvalue weighted by Crippen LogP contribution is 2.29. The Hall–Kier alpha value is -3.92. The Labute approximate surface area is 268 Å². The van der Waals surface area contributed by atoms with E-state index in [0.29, 0.717) is 0 Å². The molecule has 2 rings (SSSR count). The zero-order chi connectivity index (χ0) is 33.8. The fourth-order valence-electron chi connectivity index (χ4n) is 4.77. The smallest absolute Gasteiger partial charge is 0.408 e. The molecule has 4 amide bonds. The molecule has 0 saturated carbocycles. The maximum atomic E-state index is 13.5. The highest BCUT2D eigenvalue weighted by atomic mass is 16.5. The van der Waals surface area contributed by atoms with Gasteiger partial charge in [0, 0.05) is 18.5 Å². The number of hydrogen-bond donors (Lipinski definition) is 5. The van der Waals surface area contributed by atoms with Crippen LogP contribution in [0, 0.1) is 17.3 Å². The van der Waals surface area contributed by atoms with E-state index < -0.39 is 47.1 Å². The molecule has 0 spiro atoms. The number of nitrogens with one attached hydrogen (secondary N) is 4. The Bertz CT molecular complexity index is 1240. The largest absolute Gasteiger partial charge is 0.445 e. The van der Waals surface area contributed by atoms with Crippen LogP contribution in [0.5, 0.6) is 0 Å². The lowest BCUT2D eigenvalue weighted by Gasteiger charge is -2.32. The number of hydrogen-bond acceptors (Lipinski definition) is 6. The molecule has 45 heavy (non-hydrogen) atoms. The summed E-state index contributed by atoms with van der Waals surface area (Å²) in [7, 11) is 0. The van der Waals surface area contributed by atoms with Crippen LogP contribution in [0.3, 0.4) is 0 Å². The molecular weight excluding hydrogens is 572 g/mol. The second kappa shape index (κ2) is 17.0. The molecule has 0 fully saturated rings. The Morgan fingerprint density at radius 2 is 1.36 bits per heavy atom. The molecule has 0 aliphatic rings. The van der Waals surface area contributed by atoms with Crippen LogP contribution >= 0.6 is 0 Å². The van der Waals surface area contributed by atoms with Crippen molar-refractivity contribution in [3.05, 3.63) is 71.8 Å². The van der Waals surface area contributed by atoms with Crippen molar-refractivity contribution < 1.29 is 29.0 Å². The van der Waals surface area contributed by atoms with Crippen molar-refractivity contribution >= 4 is 23.8 Å². The van der Waals surface area contributed by atoms with Gasteiger partial charge in [-0.15, -0.1) is 0 Å². The van der Waals surface area contributed by atoms with Crippen molar-refractivity contribution in [1.82, 2.24) is 21.3 Å². The topological polar surface area (TPSA) is 146 Å². The van der Waals surface area contributed by atoms with Crippen LogP contribution in [0.2, 0.25) is 0 Å². The van der Waals surface area contributed by atoms with Crippen molar-refractivity contribution in [2.24, 2.45) is 17.3 Å². The summed E-state index contributed by atoms with van der Waals surface area (Å²) in [6.45, 7) is 14.8. The quantitative estimate of drug-likeness (QED) is 0.214. The molecule has 0 aliphatic carbocycles. The first kappa shape index (κ1) is 37.3. The van der Waals surface area contributed by atoms with Gasteiger partial charge in [-0.2, -0.15) is 0 Å². The highest BCUT2D eigenvalue weighted by Gasteiger charge is 2.35. The Kier molecular flexibility index (Phi) is 14.0. The first-order valence-electron chi connectivity index (χ1n) is 15.5. The minimum Gasteiger partial charge on any atom is -0.445 e. The summed E-state index contributed by atoms with van der Waals surface area (Å²) in [6.07, 6.45) is -1.62. The van der Waals surface area contributed by atoms with Gasteiger partial charge < -0.3 is 31.1 Å². The van der Waals surface area contributed by atoms with Gasteiger partial charge in [-0.05, 0) is 49.7 Å². The summed E-state index contributed by atoms with van der Waals surface area (Å²) in [4.78, 5) is 52.1. The predicted molar refractivity (Wildman–Crippen MR) is 175 cm³/mol. The minimum atomic E-state index is -1.17. The molecule has 0 aliphatic heterocycles. The zero-order valence-corrected chi connectivity index (χ0v) is 28.0. The molecule has 0 aromatic heterocycles. The highest BCUT2D eigenvalue weighted by molar-refractivity contribution is 5.87. The number of benzene rings is 2. The molecule has 2 aromatic carbocycles. The summed E-state index contributed by atoms with van der Waals surface area (Å²) in [5.41, 5.74) is 0.731. The molecule has 5 N–H and O–H groups in total. The third-order valence-corrected chi connectivity index (χ3v) is 7.28. The molecule has 248 valence electrons. The first-order chi connectivity index (χ1) is 21.0. The maximum absolute atomic E-state index is 13.5. The van der Waals surface area contributed by atoms with E-state index in [-0.39, 0.29) is 43.7 Å². The molecule has 10 nitrogen and oxygen atoms in total. The van der Waals surface area contributed by atoms with Crippen LogP contribution in [-0.2, 0) is 32.1 Å². The van der Waals surface area contributed by atoms with Crippen LogP contribution in [0.15, 0.2) is 60.7 Å². The van der Waals surface area contributed by atoms with E-state index in [9.17, 15) is 24.3 Å². The number of carbonyl (C=O) groups is 4. The van der Waals surface area contributed by atoms with Gasteiger partial charge in [-0.3, -0.25) is 14.4 Å². The lowest BCUT2D eigenvalue weighted by atomic mass is 9.77. The van der Waals surface area contributed by atoms with Crippen LogP contribution in [-0.4, -0.2) is 59.2 Å². The number of aliphatic hydroxyl groups is 1. The second-order valence-corrected chi connectivity index (χ2v) is 14.0. The minimum absolute atomic E-state index is 0.00497. The van der Waals surface area contributed by atoms with Gasteiger partial charge in [0.25, 0.3) is 0 Å². The van der Waals surface area contributed by atoms with Crippen LogP contribution < -0.4 is 21.3 Å². The summed E-state index contributed by atoms with van der Waals surface area (Å²) in [5.74, 6) is -2.01. The molecule has 0 heterocycles. The van der Waals surface area contributed by atoms with Crippen LogP contribution in [0.4, 0.5) is 4.79 Å². The third-order valence-electron chi connectivity index (χ3n) is 7.28. The maximum Gasteiger partial charge on any atom is 0.408 e. The Morgan fingerprint density at radius 3 is 1.87 bits per heavy atom. The fraction of sp³-hybridized carbons (Fsp3) is 0.543. The predicted octanol–water partition coefficient (Wildman–Crippen LogP) is 4.11. The van der Waals surface area contributed by atoms with E-state index in [1.807, 2.05) is 102 Å². The lowest BCUT2D eigenvalue weighted by Crippen LogP contribution is -2.57. The van der Waals surface area contributed by atoms with Gasteiger partial charge in [0.15, 0.2) is 0 Å². The lowest BCUT2D eigenvalue weighted by molar-refractivity contribution is -0.134. The van der Waals surface area contributed by atoms with Crippen molar-refractivity contribution in [2.45, 2.75) is 98.6 Å². The monoisotopic (exact) mass is 624 g/mol. The third kappa shape index (κ3) is 13.7. The molecule has 10 heteroatoms. The molecule has 0 unspecified atom stereocenters. The van der Waals surface area contributed by atoms with E-state index in [1.54, 1.807) is 13.8 Å². The number of amides is 4. The van der Waals surface area contributed by atoms with Crippen molar-refractivity contribution in [3.63, 3.8) is 0 Å². The number of ether oxygens (including phenoxy) is 1. The van der Waals surface area contributed by atoms with Gasteiger partial charge in [-0.25, -0.2) is 4.79 Å². The van der Waals surface area contributed by atoms with Crippen molar-refractivity contribution in [3.8, 4) is 0 Å². The van der Waals surface area contributed by atoms with Gasteiger partial charge in [0.1, 0.15) is 12.6 Å². The van der Waals surface area contributed by atoms with Gasteiger partial charge in [0.05, 0.1) is 18.1 Å². The summed E-state index contributed by atoms with van der Waals surface area (Å²) < 4.78 is 5.32. The second-order valence-electron chi connectivity index (χ2n) is 14.0. The number of carbonyl (C=O) groups excluding carboxylic acids is 4. The van der Waals surface area contributed by atoms with Crippen molar-refractivity contribution in [2.75, 3.05) is 6.54 Å². The molecule has 4 atom stereocenters. The van der Waals surface area contributed by atoms with Crippen LogP contribution in [0.1, 0.15) is 72.9 Å².